The SMILES string of the molecule is COc1cc(C=C2C(O)C3CCN2CC3)cc(OC)c1OC. The van der Waals surface area contributed by atoms with Crippen LogP contribution in [0, 0.1) is 5.92 Å². The summed E-state index contributed by atoms with van der Waals surface area (Å²) in [6.45, 7) is 2.05. The third-order valence-electron chi connectivity index (χ3n) is 4.66. The molecule has 1 aromatic rings. The number of piperidine rings is 3. The zero-order valence-corrected chi connectivity index (χ0v) is 13.3. The maximum absolute atomic E-state index is 10.5. The van der Waals surface area contributed by atoms with Crippen molar-refractivity contribution in [2.75, 3.05) is 34.4 Å². The van der Waals surface area contributed by atoms with Gasteiger partial charge in [0.05, 0.1) is 27.4 Å². The summed E-state index contributed by atoms with van der Waals surface area (Å²) in [4.78, 5) is 2.27. The van der Waals surface area contributed by atoms with Crippen molar-refractivity contribution in [2.24, 2.45) is 5.92 Å². The van der Waals surface area contributed by atoms with E-state index in [9.17, 15) is 5.11 Å². The highest BCUT2D eigenvalue weighted by atomic mass is 16.5. The molecule has 3 saturated heterocycles. The number of nitrogens with zero attached hydrogens (tertiary/aromatic N) is 1. The van der Waals surface area contributed by atoms with Gasteiger partial charge >= 0.3 is 0 Å². The lowest BCUT2D eigenvalue weighted by Gasteiger charge is -2.45. The van der Waals surface area contributed by atoms with Gasteiger partial charge in [-0.25, -0.2) is 0 Å². The van der Waals surface area contributed by atoms with Crippen LogP contribution in [0.3, 0.4) is 0 Å². The van der Waals surface area contributed by atoms with Gasteiger partial charge in [-0.2, -0.15) is 0 Å². The smallest absolute Gasteiger partial charge is 0.203 e. The van der Waals surface area contributed by atoms with E-state index < -0.39 is 0 Å². The molecule has 3 aliphatic rings. The highest BCUT2D eigenvalue weighted by Crippen LogP contribution is 2.40. The normalized spacial score (nSPS) is 25.5. The monoisotopic (exact) mass is 305 g/mol. The Labute approximate surface area is 131 Å². The number of aliphatic hydroxyl groups is 1. The molecule has 5 nitrogen and oxygen atoms in total. The minimum atomic E-state index is -0.374. The quantitative estimate of drug-likeness (QED) is 0.923. The van der Waals surface area contributed by atoms with Crippen molar-refractivity contribution in [3.63, 3.8) is 0 Å². The molecule has 0 spiro atoms. The number of fused-ring (bicyclic) bond motifs is 3. The van der Waals surface area contributed by atoms with Gasteiger partial charge in [0.2, 0.25) is 5.75 Å². The van der Waals surface area contributed by atoms with Crippen molar-refractivity contribution in [3.8, 4) is 17.2 Å². The maximum Gasteiger partial charge on any atom is 0.203 e. The first-order chi connectivity index (χ1) is 10.7. The molecule has 4 rings (SSSR count). The van der Waals surface area contributed by atoms with E-state index in [1.165, 1.54) is 0 Å². The van der Waals surface area contributed by atoms with Crippen LogP contribution in [-0.2, 0) is 0 Å². The van der Waals surface area contributed by atoms with Gasteiger partial charge < -0.3 is 24.2 Å². The molecule has 0 radical (unpaired) electrons. The lowest BCUT2D eigenvalue weighted by atomic mass is 9.83. The fourth-order valence-electron chi connectivity index (χ4n) is 3.43. The summed E-state index contributed by atoms with van der Waals surface area (Å²) in [7, 11) is 4.80. The fourth-order valence-corrected chi connectivity index (χ4v) is 3.43. The molecule has 1 N–H and O–H groups in total. The van der Waals surface area contributed by atoms with Crippen LogP contribution in [0.1, 0.15) is 18.4 Å². The lowest BCUT2D eigenvalue weighted by Crippen LogP contribution is -2.48. The van der Waals surface area contributed by atoms with Crippen molar-refractivity contribution in [1.29, 1.82) is 0 Å². The van der Waals surface area contributed by atoms with Crippen LogP contribution in [0.4, 0.5) is 0 Å². The van der Waals surface area contributed by atoms with E-state index in [0.717, 1.165) is 37.2 Å². The van der Waals surface area contributed by atoms with Crippen LogP contribution < -0.4 is 14.2 Å². The number of aliphatic hydroxyl groups excluding tert-OH is 1. The first kappa shape index (κ1) is 15.0. The molecular formula is C17H23NO4. The number of benzene rings is 1. The highest BCUT2D eigenvalue weighted by molar-refractivity contribution is 5.64. The lowest BCUT2D eigenvalue weighted by molar-refractivity contribution is 0.0215. The van der Waals surface area contributed by atoms with Gasteiger partial charge in [0.15, 0.2) is 11.5 Å². The number of rotatable bonds is 4. The standard InChI is InChI=1S/C17H23NO4/c1-20-14-9-11(10-15(21-2)17(14)22-3)8-13-16(19)12-4-6-18(13)7-5-12/h8-10,12,16,19H,4-7H2,1-3H3. The van der Waals surface area contributed by atoms with Crippen molar-refractivity contribution >= 4 is 6.08 Å². The van der Waals surface area contributed by atoms with Crippen LogP contribution in [0.25, 0.3) is 6.08 Å². The Balaban J connectivity index is 2.00. The van der Waals surface area contributed by atoms with Crippen LogP contribution in [0.2, 0.25) is 0 Å². The van der Waals surface area contributed by atoms with Crippen molar-refractivity contribution in [2.45, 2.75) is 18.9 Å². The molecule has 5 heteroatoms. The summed E-state index contributed by atoms with van der Waals surface area (Å²) in [6.07, 6.45) is 3.81. The van der Waals surface area contributed by atoms with Gasteiger partial charge in [-0.15, -0.1) is 0 Å². The largest absolute Gasteiger partial charge is 0.493 e. The number of hydrogen-bond acceptors (Lipinski definition) is 5. The summed E-state index contributed by atoms with van der Waals surface area (Å²) in [5.74, 6) is 2.22. The van der Waals surface area contributed by atoms with Gasteiger partial charge in [-0.3, -0.25) is 0 Å². The van der Waals surface area contributed by atoms with E-state index in [1.54, 1.807) is 21.3 Å². The summed E-state index contributed by atoms with van der Waals surface area (Å²) >= 11 is 0. The fraction of sp³-hybridized carbons (Fsp3) is 0.529. The molecule has 120 valence electrons. The van der Waals surface area contributed by atoms with Gasteiger partial charge in [0, 0.05) is 18.8 Å². The molecule has 2 bridgehead atoms. The van der Waals surface area contributed by atoms with Gasteiger partial charge in [0.1, 0.15) is 0 Å². The Bertz CT molecular complexity index is 547. The Morgan fingerprint density at radius 2 is 1.64 bits per heavy atom. The second-order valence-corrected chi connectivity index (χ2v) is 5.80. The molecule has 3 fully saturated rings. The Hall–Kier alpha value is -1.88. The molecule has 22 heavy (non-hydrogen) atoms. The first-order valence-electron chi connectivity index (χ1n) is 7.62. The molecule has 0 amide bonds. The van der Waals surface area contributed by atoms with Crippen molar-refractivity contribution in [3.05, 3.63) is 23.4 Å². The number of hydrogen-bond donors (Lipinski definition) is 1. The van der Waals surface area contributed by atoms with Crippen LogP contribution in [0.15, 0.2) is 17.8 Å². The van der Waals surface area contributed by atoms with Gasteiger partial charge in [-0.05, 0) is 42.5 Å². The summed E-state index contributed by atoms with van der Waals surface area (Å²) in [6, 6.07) is 3.81. The van der Waals surface area contributed by atoms with Gasteiger partial charge in [0.25, 0.3) is 0 Å². The third kappa shape index (κ3) is 2.50. The third-order valence-corrected chi connectivity index (χ3v) is 4.66. The van der Waals surface area contributed by atoms with Crippen LogP contribution in [-0.4, -0.2) is 50.5 Å². The van der Waals surface area contributed by atoms with E-state index in [0.29, 0.717) is 23.2 Å². The minimum absolute atomic E-state index is 0.374. The van der Waals surface area contributed by atoms with E-state index in [2.05, 4.69) is 4.90 Å². The Morgan fingerprint density at radius 3 is 2.09 bits per heavy atom. The van der Waals surface area contributed by atoms with Crippen molar-refractivity contribution < 1.29 is 19.3 Å². The predicted molar refractivity (Wildman–Crippen MR) is 84.4 cm³/mol. The maximum atomic E-state index is 10.5. The molecule has 3 aliphatic heterocycles. The topological polar surface area (TPSA) is 51.2 Å². The predicted octanol–water partition coefficient (Wildman–Crippen LogP) is 2.14. The molecular weight excluding hydrogens is 282 g/mol. The highest BCUT2D eigenvalue weighted by Gasteiger charge is 2.36. The second-order valence-electron chi connectivity index (χ2n) is 5.80. The van der Waals surface area contributed by atoms with E-state index >= 15 is 0 Å². The average molecular weight is 305 g/mol. The number of ether oxygens (including phenoxy) is 3. The summed E-state index contributed by atoms with van der Waals surface area (Å²) < 4.78 is 16.1. The Kier molecular flexibility index (Phi) is 4.16. The molecule has 1 aromatic carbocycles. The summed E-state index contributed by atoms with van der Waals surface area (Å²) in [5, 5.41) is 10.5. The van der Waals surface area contributed by atoms with Crippen LogP contribution in [0.5, 0.6) is 17.2 Å². The molecule has 0 saturated carbocycles. The van der Waals surface area contributed by atoms with Gasteiger partial charge in [-0.1, -0.05) is 0 Å². The minimum Gasteiger partial charge on any atom is -0.493 e. The zero-order chi connectivity index (χ0) is 15.7. The average Bonchev–Trinajstić information content (AvgIpc) is 2.57. The number of methoxy groups -OCH3 is 3. The van der Waals surface area contributed by atoms with Crippen LogP contribution >= 0.6 is 0 Å². The summed E-state index contributed by atoms with van der Waals surface area (Å²) in [5.41, 5.74) is 1.94. The van der Waals surface area contributed by atoms with E-state index in [4.69, 9.17) is 14.2 Å². The first-order valence-corrected chi connectivity index (χ1v) is 7.62. The Morgan fingerprint density at radius 1 is 1.05 bits per heavy atom. The molecule has 1 atom stereocenters. The van der Waals surface area contributed by atoms with Crippen molar-refractivity contribution in [1.82, 2.24) is 4.90 Å². The molecule has 0 aliphatic carbocycles. The molecule has 0 aromatic heterocycles. The molecule has 3 heterocycles. The molecule has 1 unspecified atom stereocenters. The van der Waals surface area contributed by atoms with E-state index in [-0.39, 0.29) is 6.10 Å². The zero-order valence-electron chi connectivity index (χ0n) is 13.3. The van der Waals surface area contributed by atoms with E-state index in [1.807, 2.05) is 18.2 Å². The second kappa shape index (κ2) is 6.08.